The second kappa shape index (κ2) is 8.53. The number of rotatable bonds is 5. The fraction of sp³-hybridized carbons (Fsp3) is 0.217. The number of carboxylic acids is 1. The molecule has 3 rings (SSSR count). The molecule has 1 N–H and O–H groups in total. The second-order valence-electron chi connectivity index (χ2n) is 6.66. The van der Waals surface area contributed by atoms with Crippen molar-refractivity contribution in [2.75, 3.05) is 0 Å². The van der Waals surface area contributed by atoms with E-state index < -0.39 is 12.6 Å². The zero-order chi connectivity index (χ0) is 20.1. The summed E-state index contributed by atoms with van der Waals surface area (Å²) in [6.07, 6.45) is -0.0154. The van der Waals surface area contributed by atoms with Crippen LogP contribution in [0.4, 0.5) is 4.39 Å². The maximum absolute atomic E-state index is 12.5. The quantitative estimate of drug-likeness (QED) is 0.684. The lowest BCUT2D eigenvalue weighted by Crippen LogP contribution is -2.06. The van der Waals surface area contributed by atoms with Gasteiger partial charge in [0.25, 0.3) is 0 Å². The van der Waals surface area contributed by atoms with Crippen LogP contribution >= 0.6 is 0 Å². The van der Waals surface area contributed by atoms with Crippen LogP contribution in [0.2, 0.25) is 0 Å². The van der Waals surface area contributed by atoms with Crippen LogP contribution in [0.15, 0.2) is 48.5 Å². The monoisotopic (exact) mass is 376 g/mol. The van der Waals surface area contributed by atoms with E-state index in [1.807, 2.05) is 54.9 Å². The van der Waals surface area contributed by atoms with Crippen LogP contribution in [0.3, 0.4) is 0 Å². The van der Waals surface area contributed by atoms with Crippen LogP contribution < -0.4 is 0 Å². The first-order valence-electron chi connectivity index (χ1n) is 8.97. The Balaban J connectivity index is 1.71. The molecule has 3 aromatic rings. The minimum absolute atomic E-state index is 0.0154. The van der Waals surface area contributed by atoms with Gasteiger partial charge in [0.05, 0.1) is 18.7 Å². The van der Waals surface area contributed by atoms with Gasteiger partial charge in [0.2, 0.25) is 0 Å². The van der Waals surface area contributed by atoms with Crippen LogP contribution in [-0.4, -0.2) is 20.9 Å². The molecule has 0 radical (unpaired) electrons. The maximum atomic E-state index is 12.5. The summed E-state index contributed by atoms with van der Waals surface area (Å²) in [6.45, 7) is 3.83. The Morgan fingerprint density at radius 1 is 1.00 bits per heavy atom. The van der Waals surface area contributed by atoms with Crippen molar-refractivity contribution in [1.29, 1.82) is 0 Å². The normalized spacial score (nSPS) is 10.4. The van der Waals surface area contributed by atoms with Crippen LogP contribution in [0, 0.1) is 25.7 Å². The lowest BCUT2D eigenvalue weighted by molar-refractivity contribution is -0.136. The molecule has 0 aliphatic carbocycles. The van der Waals surface area contributed by atoms with Crippen molar-refractivity contribution in [2.45, 2.75) is 33.5 Å². The van der Waals surface area contributed by atoms with Crippen LogP contribution in [0.1, 0.15) is 39.2 Å². The minimum Gasteiger partial charge on any atom is -0.481 e. The van der Waals surface area contributed by atoms with E-state index in [1.165, 1.54) is 0 Å². The Hall–Kier alpha value is -3.39. The summed E-state index contributed by atoms with van der Waals surface area (Å²) in [5.74, 6) is 5.32. The molecule has 2 aromatic carbocycles. The number of aryl methyl sites for hydroxylation is 1. The Bertz CT molecular complexity index is 1040. The number of halogens is 1. The molecule has 0 spiro atoms. The van der Waals surface area contributed by atoms with Gasteiger partial charge in [-0.3, -0.25) is 9.48 Å². The predicted octanol–water partition coefficient (Wildman–Crippen LogP) is 4.04. The molecular formula is C23H21FN2O2. The molecule has 5 heteroatoms. The largest absolute Gasteiger partial charge is 0.481 e. The number of alkyl halides is 1. The molecule has 0 aliphatic heterocycles. The highest BCUT2D eigenvalue weighted by Crippen LogP contribution is 2.16. The standard InChI is InChI=1S/C23H21FN2O2/c1-16-22(13-23(27)28)17(2)26(25-16)15-21-11-7-19(8-12-21)4-3-18-5-9-20(14-24)10-6-18/h5-12H,13-15H2,1-2H3,(H,27,28). The van der Waals surface area contributed by atoms with Gasteiger partial charge in [-0.05, 0) is 49.2 Å². The molecule has 142 valence electrons. The molecule has 1 heterocycles. The number of hydrogen-bond acceptors (Lipinski definition) is 2. The Morgan fingerprint density at radius 2 is 1.54 bits per heavy atom. The number of aromatic nitrogens is 2. The van der Waals surface area contributed by atoms with E-state index in [-0.39, 0.29) is 6.42 Å². The summed E-state index contributed by atoms with van der Waals surface area (Å²) >= 11 is 0. The zero-order valence-electron chi connectivity index (χ0n) is 15.9. The number of hydrogen-bond donors (Lipinski definition) is 1. The summed E-state index contributed by atoms with van der Waals surface area (Å²) in [5.41, 5.74) is 5.83. The molecule has 28 heavy (non-hydrogen) atoms. The summed E-state index contributed by atoms with van der Waals surface area (Å²) < 4.78 is 14.4. The van der Waals surface area contributed by atoms with E-state index in [1.54, 1.807) is 12.1 Å². The molecule has 1 aromatic heterocycles. The highest BCUT2D eigenvalue weighted by Gasteiger charge is 2.14. The van der Waals surface area contributed by atoms with Crippen molar-refractivity contribution in [3.8, 4) is 11.8 Å². The zero-order valence-corrected chi connectivity index (χ0v) is 15.9. The van der Waals surface area contributed by atoms with Gasteiger partial charge in [-0.15, -0.1) is 0 Å². The van der Waals surface area contributed by atoms with E-state index >= 15 is 0 Å². The number of carbonyl (C=O) groups is 1. The van der Waals surface area contributed by atoms with E-state index in [0.29, 0.717) is 12.1 Å². The van der Waals surface area contributed by atoms with Gasteiger partial charge >= 0.3 is 5.97 Å². The Kier molecular flexibility index (Phi) is 5.90. The van der Waals surface area contributed by atoms with E-state index in [0.717, 1.165) is 33.6 Å². The van der Waals surface area contributed by atoms with Gasteiger partial charge in [0.15, 0.2) is 0 Å². The molecule has 0 atom stereocenters. The van der Waals surface area contributed by atoms with Gasteiger partial charge in [-0.2, -0.15) is 5.10 Å². The lowest BCUT2D eigenvalue weighted by Gasteiger charge is -2.05. The molecule has 0 aliphatic rings. The van der Waals surface area contributed by atoms with Crippen LogP contribution in [-0.2, 0) is 24.4 Å². The summed E-state index contributed by atoms with van der Waals surface area (Å²) in [5, 5.41) is 13.5. The molecule has 4 nitrogen and oxygen atoms in total. The van der Waals surface area contributed by atoms with Crippen molar-refractivity contribution >= 4 is 5.97 Å². The average molecular weight is 376 g/mol. The summed E-state index contributed by atoms with van der Waals surface area (Å²) in [6, 6.07) is 15.0. The predicted molar refractivity (Wildman–Crippen MR) is 106 cm³/mol. The number of benzene rings is 2. The molecule has 0 unspecified atom stereocenters. The Morgan fingerprint density at radius 3 is 2.04 bits per heavy atom. The first-order chi connectivity index (χ1) is 13.5. The maximum Gasteiger partial charge on any atom is 0.307 e. The van der Waals surface area contributed by atoms with Gasteiger partial charge in [0.1, 0.15) is 6.67 Å². The molecular weight excluding hydrogens is 355 g/mol. The Labute approximate surface area is 163 Å². The minimum atomic E-state index is -0.854. The van der Waals surface area contributed by atoms with Crippen molar-refractivity contribution in [1.82, 2.24) is 9.78 Å². The van der Waals surface area contributed by atoms with E-state index in [2.05, 4.69) is 16.9 Å². The van der Waals surface area contributed by atoms with Gasteiger partial charge in [0, 0.05) is 22.4 Å². The fourth-order valence-electron chi connectivity index (χ4n) is 2.98. The average Bonchev–Trinajstić information content (AvgIpc) is 2.95. The van der Waals surface area contributed by atoms with E-state index in [4.69, 9.17) is 5.11 Å². The van der Waals surface area contributed by atoms with Gasteiger partial charge in [-0.25, -0.2) is 4.39 Å². The van der Waals surface area contributed by atoms with Gasteiger partial charge in [-0.1, -0.05) is 36.1 Å². The van der Waals surface area contributed by atoms with Crippen LogP contribution in [0.25, 0.3) is 0 Å². The van der Waals surface area contributed by atoms with Crippen molar-refractivity contribution in [3.05, 3.63) is 87.7 Å². The van der Waals surface area contributed by atoms with Crippen molar-refractivity contribution in [2.24, 2.45) is 0 Å². The first-order valence-corrected chi connectivity index (χ1v) is 8.97. The molecule has 0 fully saturated rings. The summed E-state index contributed by atoms with van der Waals surface area (Å²) in [7, 11) is 0. The molecule has 0 saturated carbocycles. The lowest BCUT2D eigenvalue weighted by atomic mass is 10.1. The third-order valence-corrected chi connectivity index (χ3v) is 4.61. The third-order valence-electron chi connectivity index (χ3n) is 4.61. The van der Waals surface area contributed by atoms with Crippen LogP contribution in [0.5, 0.6) is 0 Å². The topological polar surface area (TPSA) is 55.1 Å². The number of nitrogens with zero attached hydrogens (tertiary/aromatic N) is 2. The number of carboxylic acid groups (broad SMARTS) is 1. The second-order valence-corrected chi connectivity index (χ2v) is 6.66. The smallest absolute Gasteiger partial charge is 0.307 e. The van der Waals surface area contributed by atoms with Crippen molar-refractivity contribution in [3.63, 3.8) is 0 Å². The molecule has 0 bridgehead atoms. The highest BCUT2D eigenvalue weighted by atomic mass is 19.1. The highest BCUT2D eigenvalue weighted by molar-refractivity contribution is 5.71. The van der Waals surface area contributed by atoms with Crippen molar-refractivity contribution < 1.29 is 14.3 Å². The first kappa shape index (κ1) is 19.4. The molecule has 0 amide bonds. The van der Waals surface area contributed by atoms with E-state index in [9.17, 15) is 9.18 Å². The fourth-order valence-corrected chi connectivity index (χ4v) is 2.98. The third kappa shape index (κ3) is 4.66. The number of aliphatic carboxylic acids is 1. The SMILES string of the molecule is Cc1nn(Cc2ccc(C#Cc3ccc(CF)cc3)cc2)c(C)c1CC(=O)O. The molecule has 0 saturated heterocycles. The van der Waals surface area contributed by atoms with Gasteiger partial charge < -0.3 is 5.11 Å². The summed E-state index contributed by atoms with van der Waals surface area (Å²) in [4.78, 5) is 11.0.